The molecule has 2 rings (SSSR count). The summed E-state index contributed by atoms with van der Waals surface area (Å²) >= 11 is 0. The summed E-state index contributed by atoms with van der Waals surface area (Å²) in [7, 11) is 0. The van der Waals surface area contributed by atoms with Crippen molar-refractivity contribution in [2.75, 3.05) is 0 Å². The predicted molar refractivity (Wildman–Crippen MR) is 62.2 cm³/mol. The zero-order chi connectivity index (χ0) is 12.4. The number of carboxylic acids is 1. The second-order valence-corrected chi connectivity index (χ2v) is 3.86. The first-order valence-electron chi connectivity index (χ1n) is 5.27. The minimum atomic E-state index is -0.839. The van der Waals surface area contributed by atoms with Gasteiger partial charge in [0, 0.05) is 0 Å². The number of hydrogen-bond donors (Lipinski definition) is 1. The van der Waals surface area contributed by atoms with Gasteiger partial charge in [-0.25, -0.2) is 9.67 Å². The molecule has 0 aliphatic heterocycles. The molecule has 17 heavy (non-hydrogen) atoms. The number of rotatable bonds is 3. The highest BCUT2D eigenvalue weighted by Gasteiger charge is 2.07. The van der Waals surface area contributed by atoms with Crippen molar-refractivity contribution >= 4 is 5.97 Å². The van der Waals surface area contributed by atoms with Crippen molar-refractivity contribution in [2.24, 2.45) is 0 Å². The Morgan fingerprint density at radius 1 is 1.41 bits per heavy atom. The van der Waals surface area contributed by atoms with Crippen LogP contribution in [0.2, 0.25) is 0 Å². The van der Waals surface area contributed by atoms with E-state index in [0.717, 1.165) is 17.1 Å². The van der Waals surface area contributed by atoms with Crippen molar-refractivity contribution in [1.82, 2.24) is 14.8 Å². The van der Waals surface area contributed by atoms with Gasteiger partial charge in [0.15, 0.2) is 0 Å². The Morgan fingerprint density at radius 3 is 2.76 bits per heavy atom. The van der Waals surface area contributed by atoms with E-state index in [2.05, 4.69) is 10.1 Å². The average molecular weight is 231 g/mol. The number of carboxylic acid groups (broad SMARTS) is 1. The molecule has 0 radical (unpaired) electrons. The summed E-state index contributed by atoms with van der Waals surface area (Å²) in [6.45, 7) is 3.69. The summed E-state index contributed by atoms with van der Waals surface area (Å²) in [5.41, 5.74) is 1.59. The molecule has 0 aliphatic carbocycles. The third-order valence-electron chi connectivity index (χ3n) is 2.39. The zero-order valence-corrected chi connectivity index (χ0v) is 9.71. The Balaban J connectivity index is 2.39. The molecule has 1 aromatic heterocycles. The summed E-state index contributed by atoms with van der Waals surface area (Å²) in [4.78, 5) is 14.9. The van der Waals surface area contributed by atoms with Crippen molar-refractivity contribution in [3.63, 3.8) is 0 Å². The lowest BCUT2D eigenvalue weighted by molar-refractivity contribution is -0.136. The molecule has 2 aromatic rings. The first-order chi connectivity index (χ1) is 8.06. The summed E-state index contributed by atoms with van der Waals surface area (Å²) < 4.78 is 1.71. The van der Waals surface area contributed by atoms with Crippen LogP contribution in [0.1, 0.15) is 17.2 Å². The van der Waals surface area contributed by atoms with Crippen LogP contribution in [0, 0.1) is 13.8 Å². The van der Waals surface area contributed by atoms with E-state index >= 15 is 0 Å². The number of aromatic nitrogens is 3. The van der Waals surface area contributed by atoms with Crippen LogP contribution in [-0.4, -0.2) is 25.8 Å². The fourth-order valence-electron chi connectivity index (χ4n) is 1.74. The van der Waals surface area contributed by atoms with Gasteiger partial charge in [-0.2, -0.15) is 5.10 Å². The quantitative estimate of drug-likeness (QED) is 0.869. The lowest BCUT2D eigenvalue weighted by atomic mass is 10.1. The molecule has 0 fully saturated rings. The van der Waals surface area contributed by atoms with Gasteiger partial charge >= 0.3 is 5.97 Å². The fraction of sp³-hybridized carbons (Fsp3) is 0.250. The Hall–Kier alpha value is -2.17. The van der Waals surface area contributed by atoms with Crippen LogP contribution in [-0.2, 0) is 11.2 Å². The van der Waals surface area contributed by atoms with Crippen LogP contribution < -0.4 is 0 Å². The van der Waals surface area contributed by atoms with Gasteiger partial charge in [0.25, 0.3) is 0 Å². The van der Waals surface area contributed by atoms with Gasteiger partial charge in [0.2, 0.25) is 0 Å². The standard InChI is InChI=1S/C12H13N3O2/c1-8-13-9(2)15(14-8)11-5-3-4-10(6-11)7-12(16)17/h3-6H,7H2,1-2H3,(H,16,17). The molecule has 5 heteroatoms. The van der Waals surface area contributed by atoms with E-state index in [0.29, 0.717) is 5.82 Å². The second-order valence-electron chi connectivity index (χ2n) is 3.86. The maximum absolute atomic E-state index is 10.7. The van der Waals surface area contributed by atoms with Gasteiger partial charge in [-0.3, -0.25) is 4.79 Å². The van der Waals surface area contributed by atoms with Crippen molar-refractivity contribution in [3.05, 3.63) is 41.5 Å². The molecule has 88 valence electrons. The van der Waals surface area contributed by atoms with E-state index in [1.54, 1.807) is 10.7 Å². The number of benzene rings is 1. The summed E-state index contributed by atoms with van der Waals surface area (Å²) in [6.07, 6.45) is 0.0145. The molecule has 1 N–H and O–H groups in total. The van der Waals surface area contributed by atoms with Crippen LogP contribution in [0.4, 0.5) is 0 Å². The molecule has 0 amide bonds. The molecule has 1 aromatic carbocycles. The second kappa shape index (κ2) is 4.37. The normalized spacial score (nSPS) is 10.5. The molecule has 1 heterocycles. The predicted octanol–water partition coefficient (Wildman–Crippen LogP) is 1.51. The molecule has 0 atom stereocenters. The smallest absolute Gasteiger partial charge is 0.307 e. The number of aryl methyl sites for hydroxylation is 2. The highest BCUT2D eigenvalue weighted by atomic mass is 16.4. The highest BCUT2D eigenvalue weighted by Crippen LogP contribution is 2.12. The first kappa shape index (κ1) is 11.3. The zero-order valence-electron chi connectivity index (χ0n) is 9.71. The van der Waals surface area contributed by atoms with Crippen molar-refractivity contribution in [3.8, 4) is 5.69 Å². The molecule has 0 saturated heterocycles. The maximum Gasteiger partial charge on any atom is 0.307 e. The Kier molecular flexibility index (Phi) is 2.91. The van der Waals surface area contributed by atoms with Gasteiger partial charge in [-0.1, -0.05) is 12.1 Å². The monoisotopic (exact) mass is 231 g/mol. The molecule has 0 spiro atoms. The number of nitrogens with zero attached hydrogens (tertiary/aromatic N) is 3. The number of carbonyl (C=O) groups is 1. The van der Waals surface area contributed by atoms with Crippen LogP contribution in [0.25, 0.3) is 5.69 Å². The molecule has 0 unspecified atom stereocenters. The van der Waals surface area contributed by atoms with Crippen LogP contribution >= 0.6 is 0 Å². The van der Waals surface area contributed by atoms with Gasteiger partial charge in [-0.15, -0.1) is 0 Å². The topological polar surface area (TPSA) is 68.0 Å². The third-order valence-corrected chi connectivity index (χ3v) is 2.39. The van der Waals surface area contributed by atoms with E-state index < -0.39 is 5.97 Å². The maximum atomic E-state index is 10.7. The number of aliphatic carboxylic acids is 1. The summed E-state index contributed by atoms with van der Waals surface area (Å²) in [5.74, 6) is 0.648. The molecule has 0 saturated carbocycles. The van der Waals surface area contributed by atoms with Crippen LogP contribution in [0.5, 0.6) is 0 Å². The van der Waals surface area contributed by atoms with Gasteiger partial charge in [0.1, 0.15) is 11.6 Å². The first-order valence-corrected chi connectivity index (χ1v) is 5.27. The SMILES string of the molecule is Cc1nc(C)n(-c2cccc(CC(=O)O)c2)n1. The average Bonchev–Trinajstić information content (AvgIpc) is 2.57. The van der Waals surface area contributed by atoms with Gasteiger partial charge < -0.3 is 5.11 Å². The van der Waals surface area contributed by atoms with E-state index in [-0.39, 0.29) is 6.42 Å². The lowest BCUT2D eigenvalue weighted by Gasteiger charge is -2.04. The van der Waals surface area contributed by atoms with Gasteiger partial charge in [0.05, 0.1) is 12.1 Å². The van der Waals surface area contributed by atoms with E-state index in [9.17, 15) is 4.79 Å². The Morgan fingerprint density at radius 2 is 2.18 bits per heavy atom. The lowest BCUT2D eigenvalue weighted by Crippen LogP contribution is -2.03. The van der Waals surface area contributed by atoms with E-state index in [1.807, 2.05) is 32.0 Å². The third kappa shape index (κ3) is 2.50. The van der Waals surface area contributed by atoms with Crippen LogP contribution in [0.3, 0.4) is 0 Å². The summed E-state index contributed by atoms with van der Waals surface area (Å²) in [6, 6.07) is 7.31. The van der Waals surface area contributed by atoms with E-state index in [1.165, 1.54) is 0 Å². The highest BCUT2D eigenvalue weighted by molar-refractivity contribution is 5.70. The molecule has 0 aliphatic rings. The Labute approximate surface area is 98.7 Å². The molecule has 5 nitrogen and oxygen atoms in total. The minimum absolute atomic E-state index is 0.0145. The van der Waals surface area contributed by atoms with Crippen molar-refractivity contribution in [2.45, 2.75) is 20.3 Å². The minimum Gasteiger partial charge on any atom is -0.481 e. The van der Waals surface area contributed by atoms with Gasteiger partial charge in [-0.05, 0) is 31.5 Å². The van der Waals surface area contributed by atoms with E-state index in [4.69, 9.17) is 5.11 Å². The van der Waals surface area contributed by atoms with Crippen LogP contribution in [0.15, 0.2) is 24.3 Å². The fourth-order valence-corrected chi connectivity index (χ4v) is 1.74. The Bertz CT molecular complexity index is 561. The van der Waals surface area contributed by atoms with Crippen molar-refractivity contribution < 1.29 is 9.90 Å². The largest absolute Gasteiger partial charge is 0.481 e. The molecular weight excluding hydrogens is 218 g/mol. The van der Waals surface area contributed by atoms with Crippen molar-refractivity contribution in [1.29, 1.82) is 0 Å². The molecular formula is C12H13N3O2. The summed E-state index contributed by atoms with van der Waals surface area (Å²) in [5, 5.41) is 13.0. The number of hydrogen-bond acceptors (Lipinski definition) is 3. The molecule has 0 bridgehead atoms.